The normalized spacial score (nSPS) is 12.4. The third kappa shape index (κ3) is 1.35. The zero-order valence-corrected chi connectivity index (χ0v) is 13.7. The molecule has 0 atom stereocenters. The Morgan fingerprint density at radius 1 is 0.958 bits per heavy atom. The maximum atomic E-state index is 4.84. The van der Waals surface area contributed by atoms with Gasteiger partial charge in [0.1, 0.15) is 4.83 Å². The van der Waals surface area contributed by atoms with Gasteiger partial charge >= 0.3 is 0 Å². The quantitative estimate of drug-likeness (QED) is 0.403. The molecule has 0 saturated heterocycles. The van der Waals surface area contributed by atoms with Crippen molar-refractivity contribution >= 4 is 59.5 Å². The number of hydrogen-bond acceptors (Lipinski definition) is 3. The lowest BCUT2D eigenvalue weighted by molar-refractivity contribution is 0.974. The summed E-state index contributed by atoms with van der Waals surface area (Å²) in [5.41, 5.74) is 4.59. The molecule has 0 aliphatic rings. The van der Waals surface area contributed by atoms with Gasteiger partial charge in [0.2, 0.25) is 5.78 Å². The van der Waals surface area contributed by atoms with Crippen molar-refractivity contribution in [2.24, 2.45) is 7.05 Å². The van der Waals surface area contributed by atoms with Crippen LogP contribution in [0.1, 0.15) is 0 Å². The van der Waals surface area contributed by atoms with Gasteiger partial charge < -0.3 is 4.57 Å². The number of thiophene rings is 1. The average molecular weight is 328 g/mol. The molecule has 24 heavy (non-hydrogen) atoms. The van der Waals surface area contributed by atoms with Crippen molar-refractivity contribution in [1.29, 1.82) is 0 Å². The number of rotatable bonds is 0. The Labute approximate surface area is 140 Å². The topological polar surface area (TPSA) is 35.1 Å². The van der Waals surface area contributed by atoms with Crippen LogP contribution in [0.2, 0.25) is 0 Å². The van der Waals surface area contributed by atoms with Crippen LogP contribution in [0.5, 0.6) is 0 Å². The minimum absolute atomic E-state index is 0.974. The number of pyridine rings is 1. The Hall–Kier alpha value is -2.92. The highest BCUT2D eigenvalue weighted by molar-refractivity contribution is 7.25. The van der Waals surface area contributed by atoms with Gasteiger partial charge in [-0.1, -0.05) is 12.1 Å². The summed E-state index contributed by atoms with van der Waals surface area (Å²) < 4.78 is 5.72. The summed E-state index contributed by atoms with van der Waals surface area (Å²) in [6, 6.07) is 16.9. The van der Waals surface area contributed by atoms with Gasteiger partial charge in [-0.05, 0) is 36.4 Å². The van der Waals surface area contributed by atoms with Gasteiger partial charge in [-0.3, -0.25) is 4.40 Å². The molecule has 6 aromatic rings. The second-order valence-electron chi connectivity index (χ2n) is 6.06. The fraction of sp³-hybridized carbons (Fsp3) is 0.0526. The first-order chi connectivity index (χ1) is 11.8. The third-order valence-corrected chi connectivity index (χ3v) is 5.87. The van der Waals surface area contributed by atoms with Crippen LogP contribution in [-0.4, -0.2) is 18.9 Å². The lowest BCUT2D eigenvalue weighted by Crippen LogP contribution is -1.87. The van der Waals surface area contributed by atoms with Crippen molar-refractivity contribution in [2.45, 2.75) is 0 Å². The van der Waals surface area contributed by atoms with Crippen LogP contribution in [-0.2, 0) is 7.05 Å². The molecule has 0 N–H and O–H groups in total. The second kappa shape index (κ2) is 4.13. The largest absolute Gasteiger partial charge is 0.313 e. The minimum Gasteiger partial charge on any atom is -0.313 e. The molecule has 0 fully saturated rings. The Kier molecular flexibility index (Phi) is 2.15. The van der Waals surface area contributed by atoms with Crippen LogP contribution >= 0.6 is 11.3 Å². The van der Waals surface area contributed by atoms with E-state index in [-0.39, 0.29) is 0 Å². The van der Waals surface area contributed by atoms with Gasteiger partial charge in [-0.15, -0.1) is 11.3 Å². The fourth-order valence-corrected chi connectivity index (χ4v) is 4.78. The molecule has 0 saturated carbocycles. The van der Waals surface area contributed by atoms with Gasteiger partial charge in [0.15, 0.2) is 0 Å². The van der Waals surface area contributed by atoms with E-state index in [2.05, 4.69) is 57.4 Å². The van der Waals surface area contributed by atoms with Gasteiger partial charge in [0.25, 0.3) is 0 Å². The number of aromatic nitrogens is 4. The maximum absolute atomic E-state index is 4.84. The number of aryl methyl sites for hydroxylation is 1. The first-order valence-corrected chi connectivity index (χ1v) is 8.66. The molecule has 5 heteroatoms. The number of para-hydroxylation sites is 2. The molecule has 4 heterocycles. The van der Waals surface area contributed by atoms with Crippen molar-refractivity contribution in [3.8, 4) is 0 Å². The van der Waals surface area contributed by atoms with Gasteiger partial charge in [-0.2, -0.15) is 0 Å². The molecule has 0 unspecified atom stereocenters. The van der Waals surface area contributed by atoms with Crippen LogP contribution < -0.4 is 0 Å². The Morgan fingerprint density at radius 3 is 2.83 bits per heavy atom. The Balaban J connectivity index is 2.03. The van der Waals surface area contributed by atoms with E-state index in [4.69, 9.17) is 4.98 Å². The molecule has 6 rings (SSSR count). The fourth-order valence-electron chi connectivity index (χ4n) is 3.74. The predicted octanol–water partition coefficient (Wildman–Crippen LogP) is 4.74. The van der Waals surface area contributed by atoms with Crippen molar-refractivity contribution in [2.75, 3.05) is 0 Å². The van der Waals surface area contributed by atoms with E-state index in [1.54, 1.807) is 11.3 Å². The molecule has 0 amide bonds. The van der Waals surface area contributed by atoms with Crippen LogP contribution in [0, 0.1) is 0 Å². The first kappa shape index (κ1) is 12.5. The van der Waals surface area contributed by atoms with E-state index >= 15 is 0 Å². The third-order valence-electron chi connectivity index (χ3n) is 4.79. The molecule has 114 valence electrons. The SMILES string of the molecule is Cn1c2ccc3sc4ncccc4c3c2n2c3ccccc3nc12. The van der Waals surface area contributed by atoms with Crippen LogP contribution in [0.15, 0.2) is 54.7 Å². The summed E-state index contributed by atoms with van der Waals surface area (Å²) in [6.45, 7) is 0. The monoisotopic (exact) mass is 328 g/mol. The zero-order chi connectivity index (χ0) is 15.8. The van der Waals surface area contributed by atoms with Crippen molar-refractivity contribution in [3.05, 3.63) is 54.7 Å². The van der Waals surface area contributed by atoms with Gasteiger partial charge in [0, 0.05) is 28.7 Å². The number of fused-ring (bicyclic) bond motifs is 9. The molecule has 0 radical (unpaired) electrons. The second-order valence-corrected chi connectivity index (χ2v) is 7.09. The van der Waals surface area contributed by atoms with Crippen LogP contribution in [0.25, 0.3) is 48.1 Å². The van der Waals surface area contributed by atoms with Crippen LogP contribution in [0.4, 0.5) is 0 Å². The minimum atomic E-state index is 0.974. The summed E-state index contributed by atoms with van der Waals surface area (Å²) in [4.78, 5) is 10.5. The summed E-state index contributed by atoms with van der Waals surface area (Å²) >= 11 is 1.75. The van der Waals surface area contributed by atoms with Gasteiger partial charge in [-0.25, -0.2) is 9.97 Å². The molecule has 4 aromatic heterocycles. The highest BCUT2D eigenvalue weighted by atomic mass is 32.1. The Morgan fingerprint density at radius 2 is 1.88 bits per heavy atom. The lowest BCUT2D eigenvalue weighted by Gasteiger charge is -1.99. The summed E-state index contributed by atoms with van der Waals surface area (Å²) in [6.07, 6.45) is 1.86. The number of imidazole rings is 2. The standard InChI is InChI=1S/C19H12N4S/c1-22-14-8-9-15-16(11-5-4-10-20-18(11)24-15)17(14)23-13-7-3-2-6-12(13)21-19(22)23/h2-10H,1H3. The van der Waals surface area contributed by atoms with E-state index < -0.39 is 0 Å². The summed E-state index contributed by atoms with van der Waals surface area (Å²) in [5.74, 6) is 0.974. The average Bonchev–Trinajstić information content (AvgIpc) is 3.25. The van der Waals surface area contributed by atoms with E-state index in [1.807, 2.05) is 18.3 Å². The highest BCUT2D eigenvalue weighted by Crippen LogP contribution is 2.39. The van der Waals surface area contributed by atoms with E-state index in [1.165, 1.54) is 26.5 Å². The van der Waals surface area contributed by atoms with Crippen molar-refractivity contribution in [3.63, 3.8) is 0 Å². The Bertz CT molecular complexity index is 1420. The highest BCUT2D eigenvalue weighted by Gasteiger charge is 2.18. The molecule has 0 aliphatic heterocycles. The smallest absolute Gasteiger partial charge is 0.215 e. The van der Waals surface area contributed by atoms with Crippen LogP contribution in [0.3, 0.4) is 0 Å². The lowest BCUT2D eigenvalue weighted by atomic mass is 10.1. The van der Waals surface area contributed by atoms with Crippen molar-refractivity contribution in [1.82, 2.24) is 18.9 Å². The molecule has 4 nitrogen and oxygen atoms in total. The van der Waals surface area contributed by atoms with E-state index in [0.29, 0.717) is 0 Å². The van der Waals surface area contributed by atoms with Gasteiger partial charge in [0.05, 0.1) is 22.1 Å². The molecular weight excluding hydrogens is 316 g/mol. The molecular formula is C19H12N4S. The molecule has 2 aromatic carbocycles. The first-order valence-electron chi connectivity index (χ1n) is 7.85. The predicted molar refractivity (Wildman–Crippen MR) is 99.9 cm³/mol. The number of hydrogen-bond donors (Lipinski definition) is 0. The maximum Gasteiger partial charge on any atom is 0.215 e. The zero-order valence-electron chi connectivity index (χ0n) is 12.9. The molecule has 0 spiro atoms. The summed E-state index contributed by atoms with van der Waals surface area (Å²) in [5, 5.41) is 2.49. The molecule has 0 bridgehead atoms. The number of benzene rings is 2. The van der Waals surface area contributed by atoms with E-state index in [0.717, 1.165) is 21.6 Å². The van der Waals surface area contributed by atoms with Crippen molar-refractivity contribution < 1.29 is 0 Å². The van der Waals surface area contributed by atoms with E-state index in [9.17, 15) is 0 Å². The number of nitrogens with zero attached hydrogens (tertiary/aromatic N) is 4. The summed E-state index contributed by atoms with van der Waals surface area (Å²) in [7, 11) is 2.09. The molecule has 0 aliphatic carbocycles.